The van der Waals surface area contributed by atoms with Gasteiger partial charge in [-0.05, 0) is 12.8 Å². The maximum Gasteiger partial charge on any atom is 0.306 e. The molecule has 0 saturated carbocycles. The fraction of sp³-hybridized carbons (Fsp3) is 0.900. The third kappa shape index (κ3) is 17.8. The molecule has 30 heavy (non-hydrogen) atoms. The number of carbonyl (C=O) groups is 2. The first kappa shape index (κ1) is 29.0. The topological polar surface area (TPSA) is 111 Å². The highest BCUT2D eigenvalue weighted by Crippen LogP contribution is 2.38. The van der Waals surface area contributed by atoms with Gasteiger partial charge in [-0.25, -0.2) is 0 Å². The van der Waals surface area contributed by atoms with E-state index < -0.39 is 32.5 Å². The van der Waals surface area contributed by atoms with Gasteiger partial charge in [-0.3, -0.25) is 14.2 Å². The first-order chi connectivity index (χ1) is 14.0. The van der Waals surface area contributed by atoms with Crippen LogP contribution >= 0.6 is 7.82 Å². The van der Waals surface area contributed by atoms with E-state index in [-0.39, 0.29) is 26.1 Å². The number of nitrogens with zero attached hydrogens (tertiary/aromatic N) is 1. The van der Waals surface area contributed by atoms with Gasteiger partial charge in [0.25, 0.3) is 7.82 Å². The van der Waals surface area contributed by atoms with Crippen molar-refractivity contribution in [3.05, 3.63) is 0 Å². The lowest BCUT2D eigenvalue weighted by molar-refractivity contribution is -0.870. The van der Waals surface area contributed by atoms with E-state index >= 15 is 0 Å². The summed E-state index contributed by atoms with van der Waals surface area (Å²) < 4.78 is 32.6. The minimum atomic E-state index is -4.56. The Labute approximate surface area is 181 Å². The van der Waals surface area contributed by atoms with Gasteiger partial charge in [-0.1, -0.05) is 39.5 Å². The van der Waals surface area contributed by atoms with Crippen LogP contribution in [0, 0.1) is 0 Å². The second-order valence-corrected chi connectivity index (χ2v) is 9.71. The lowest BCUT2D eigenvalue weighted by Crippen LogP contribution is -2.37. The monoisotopic (exact) mass is 453 g/mol. The van der Waals surface area contributed by atoms with Gasteiger partial charge in [0.15, 0.2) is 6.10 Å². The Bertz CT molecular complexity index is 535. The summed E-state index contributed by atoms with van der Waals surface area (Å²) in [4.78, 5) is 35.8. The van der Waals surface area contributed by atoms with Crippen LogP contribution < -0.4 is 4.89 Å². The molecule has 0 aromatic carbocycles. The summed E-state index contributed by atoms with van der Waals surface area (Å²) in [6.45, 7) is 3.76. The van der Waals surface area contributed by atoms with Gasteiger partial charge >= 0.3 is 11.9 Å². The smallest absolute Gasteiger partial charge is 0.306 e. The number of phosphoric acid groups is 1. The highest BCUT2D eigenvalue weighted by molar-refractivity contribution is 7.45. The number of hydrogen-bond donors (Lipinski definition) is 0. The zero-order chi connectivity index (χ0) is 23.0. The highest BCUT2D eigenvalue weighted by Gasteiger charge is 2.21. The van der Waals surface area contributed by atoms with Crippen molar-refractivity contribution in [2.75, 3.05) is 47.5 Å². The molecule has 2 atom stereocenters. The predicted octanol–water partition coefficient (Wildman–Crippen LogP) is 2.81. The molecule has 10 heteroatoms. The van der Waals surface area contributed by atoms with Crippen molar-refractivity contribution in [3.63, 3.8) is 0 Å². The van der Waals surface area contributed by atoms with Crippen LogP contribution in [-0.4, -0.2) is 70.0 Å². The van der Waals surface area contributed by atoms with E-state index in [4.69, 9.17) is 18.5 Å². The fourth-order valence-corrected chi connectivity index (χ4v) is 3.02. The van der Waals surface area contributed by atoms with Crippen LogP contribution in [0.15, 0.2) is 0 Å². The Morgan fingerprint density at radius 1 is 0.900 bits per heavy atom. The zero-order valence-corrected chi connectivity index (χ0v) is 20.1. The molecule has 0 heterocycles. The molecule has 0 fully saturated rings. The largest absolute Gasteiger partial charge is 0.756 e. The molecule has 0 bridgehead atoms. The maximum atomic E-state index is 12.0. The van der Waals surface area contributed by atoms with Crippen LogP contribution in [0.25, 0.3) is 0 Å². The fourth-order valence-electron chi connectivity index (χ4n) is 2.30. The van der Waals surface area contributed by atoms with Gasteiger partial charge in [0.1, 0.15) is 19.8 Å². The third-order valence-corrected chi connectivity index (χ3v) is 5.09. The molecule has 178 valence electrons. The summed E-state index contributed by atoms with van der Waals surface area (Å²) in [5, 5.41) is 0. The van der Waals surface area contributed by atoms with E-state index in [0.717, 1.165) is 25.7 Å². The summed E-state index contributed by atoms with van der Waals surface area (Å²) >= 11 is 0. The number of unbranched alkanes of at least 4 members (excludes halogenated alkanes) is 4. The van der Waals surface area contributed by atoms with Crippen LogP contribution in [0.3, 0.4) is 0 Å². The second-order valence-electron chi connectivity index (χ2n) is 8.30. The van der Waals surface area contributed by atoms with Crippen LogP contribution in [0.1, 0.15) is 65.2 Å². The van der Waals surface area contributed by atoms with Crippen molar-refractivity contribution in [1.29, 1.82) is 0 Å². The van der Waals surface area contributed by atoms with Crippen molar-refractivity contribution >= 4 is 19.8 Å². The molecule has 0 aromatic rings. The summed E-state index contributed by atoms with van der Waals surface area (Å²) in [6.07, 6.45) is 4.58. The number of rotatable bonds is 18. The van der Waals surface area contributed by atoms with Crippen LogP contribution in [-0.2, 0) is 32.7 Å². The van der Waals surface area contributed by atoms with E-state index in [1.165, 1.54) is 0 Å². The summed E-state index contributed by atoms with van der Waals surface area (Å²) in [7, 11) is 1.15. The Balaban J connectivity index is 4.63. The Hall–Kier alpha value is -0.990. The average molecular weight is 454 g/mol. The molecule has 0 amide bonds. The molecule has 0 aliphatic rings. The van der Waals surface area contributed by atoms with Crippen LogP contribution in [0.5, 0.6) is 0 Å². The molecule has 0 aromatic heterocycles. The van der Waals surface area contributed by atoms with Crippen molar-refractivity contribution in [2.45, 2.75) is 71.3 Å². The summed E-state index contributed by atoms with van der Waals surface area (Å²) in [5.74, 6) is -0.897. The minimum Gasteiger partial charge on any atom is -0.756 e. The van der Waals surface area contributed by atoms with E-state index in [0.29, 0.717) is 23.9 Å². The molecule has 0 radical (unpaired) electrons. The summed E-state index contributed by atoms with van der Waals surface area (Å²) in [6, 6.07) is 0. The molecule has 0 aliphatic carbocycles. The van der Waals surface area contributed by atoms with E-state index in [9.17, 15) is 19.0 Å². The van der Waals surface area contributed by atoms with Crippen molar-refractivity contribution < 1.29 is 42.1 Å². The van der Waals surface area contributed by atoms with Gasteiger partial charge in [0.05, 0.1) is 27.7 Å². The number of hydrogen-bond acceptors (Lipinski definition) is 8. The van der Waals surface area contributed by atoms with Crippen molar-refractivity contribution in [1.82, 2.24) is 0 Å². The molecule has 0 rings (SSSR count). The lowest BCUT2D eigenvalue weighted by Gasteiger charge is -2.28. The van der Waals surface area contributed by atoms with Gasteiger partial charge in [0, 0.05) is 12.8 Å². The summed E-state index contributed by atoms with van der Waals surface area (Å²) in [5.41, 5.74) is 0. The first-order valence-electron chi connectivity index (χ1n) is 10.7. The van der Waals surface area contributed by atoms with Gasteiger partial charge < -0.3 is 27.9 Å². The number of likely N-dealkylation sites (N-methyl/N-ethyl adjacent to an activating group) is 1. The van der Waals surface area contributed by atoms with Gasteiger partial charge in [0.2, 0.25) is 0 Å². The Morgan fingerprint density at radius 2 is 1.47 bits per heavy atom. The van der Waals surface area contributed by atoms with E-state index in [2.05, 4.69) is 0 Å². The maximum absolute atomic E-state index is 12.0. The quantitative estimate of drug-likeness (QED) is 0.135. The lowest BCUT2D eigenvalue weighted by atomic mass is 10.2. The molecule has 0 N–H and O–H groups in total. The Kier molecular flexibility index (Phi) is 15.2. The zero-order valence-electron chi connectivity index (χ0n) is 19.2. The van der Waals surface area contributed by atoms with E-state index in [1.54, 1.807) is 0 Å². The van der Waals surface area contributed by atoms with Crippen LogP contribution in [0.4, 0.5) is 0 Å². The molecular weight excluding hydrogens is 413 g/mol. The second kappa shape index (κ2) is 15.8. The average Bonchev–Trinajstić information content (AvgIpc) is 2.63. The molecule has 0 aliphatic heterocycles. The third-order valence-electron chi connectivity index (χ3n) is 4.13. The van der Waals surface area contributed by atoms with Crippen molar-refractivity contribution in [2.24, 2.45) is 0 Å². The SMILES string of the molecule is CCCCCC(=O)OC[C@H](COP(=O)([O-])OCC[N+](C)(C)C)OC(=O)CCCCC. The number of phosphoric ester groups is 1. The standard InChI is InChI=1S/C20H40NO8P/c1-6-8-10-12-19(22)26-16-18(29-20(23)13-11-9-7-2)17-28-30(24,25)27-15-14-21(3,4)5/h18H,6-17H2,1-5H3/t18-/m1/s1. The number of ether oxygens (including phenoxy) is 2. The predicted molar refractivity (Wildman–Crippen MR) is 112 cm³/mol. The number of quaternary nitrogens is 1. The highest BCUT2D eigenvalue weighted by atomic mass is 31.2. The molecule has 0 spiro atoms. The molecule has 9 nitrogen and oxygen atoms in total. The van der Waals surface area contributed by atoms with Gasteiger partial charge in [-0.2, -0.15) is 0 Å². The van der Waals surface area contributed by atoms with Crippen molar-refractivity contribution in [3.8, 4) is 0 Å². The molecule has 0 saturated heterocycles. The first-order valence-corrected chi connectivity index (χ1v) is 12.2. The normalized spacial score (nSPS) is 14.7. The van der Waals surface area contributed by atoms with Gasteiger partial charge in [-0.15, -0.1) is 0 Å². The molecule has 1 unspecified atom stereocenters. The van der Waals surface area contributed by atoms with Crippen LogP contribution in [0.2, 0.25) is 0 Å². The number of esters is 2. The molecular formula is C20H40NO8P. The van der Waals surface area contributed by atoms with E-state index in [1.807, 2.05) is 35.0 Å². The Morgan fingerprint density at radius 3 is 2.00 bits per heavy atom. The number of carbonyl (C=O) groups excluding carboxylic acids is 2. The minimum absolute atomic E-state index is 0.0296.